The normalized spacial score (nSPS) is 11.0. The molecule has 0 saturated heterocycles. The lowest BCUT2D eigenvalue weighted by Gasteiger charge is -2.03. The summed E-state index contributed by atoms with van der Waals surface area (Å²) >= 11 is 1.40. The van der Waals surface area contributed by atoms with Crippen molar-refractivity contribution in [1.29, 1.82) is 0 Å². The molecule has 2 aromatic carbocycles. The fraction of sp³-hybridized carbons (Fsp3) is 0.150. The average molecular weight is 379 g/mol. The first-order valence-electron chi connectivity index (χ1n) is 8.42. The van der Waals surface area contributed by atoms with E-state index in [2.05, 4.69) is 21.4 Å². The molecule has 2 aromatic heterocycles. The number of carbonyl (C=O) groups is 2. The molecule has 0 saturated carbocycles. The van der Waals surface area contributed by atoms with Crippen molar-refractivity contribution in [3.63, 3.8) is 0 Å². The first-order valence-corrected chi connectivity index (χ1v) is 9.24. The number of amides is 1. The van der Waals surface area contributed by atoms with Gasteiger partial charge in [-0.15, -0.1) is 0 Å². The van der Waals surface area contributed by atoms with Crippen molar-refractivity contribution in [3.05, 3.63) is 59.3 Å². The number of nitrogens with zero attached hydrogens (tertiary/aromatic N) is 1. The second-order valence-corrected chi connectivity index (χ2v) is 7.37. The lowest BCUT2D eigenvalue weighted by Crippen LogP contribution is -2.20. The number of ether oxygens (including phenoxy) is 1. The molecular formula is C20H17N3O3S. The first-order chi connectivity index (χ1) is 13.0. The van der Waals surface area contributed by atoms with Crippen molar-refractivity contribution < 1.29 is 14.3 Å². The van der Waals surface area contributed by atoms with Crippen LogP contribution < -0.4 is 5.32 Å². The number of thiazole rings is 1. The van der Waals surface area contributed by atoms with Crippen LogP contribution in [0.1, 0.15) is 21.6 Å². The molecule has 0 radical (unpaired) electrons. The summed E-state index contributed by atoms with van der Waals surface area (Å²) < 4.78 is 6.12. The van der Waals surface area contributed by atoms with E-state index in [9.17, 15) is 9.59 Å². The quantitative estimate of drug-likeness (QED) is 0.521. The summed E-state index contributed by atoms with van der Waals surface area (Å²) in [4.78, 5) is 31.7. The molecule has 0 bridgehead atoms. The molecule has 0 aliphatic heterocycles. The summed E-state index contributed by atoms with van der Waals surface area (Å²) in [6, 6.07) is 13.3. The van der Waals surface area contributed by atoms with E-state index in [1.165, 1.54) is 11.3 Å². The second-order valence-electron chi connectivity index (χ2n) is 6.34. The Kier molecular flexibility index (Phi) is 4.37. The number of aromatic amines is 1. The van der Waals surface area contributed by atoms with Gasteiger partial charge in [0.15, 0.2) is 11.7 Å². The third kappa shape index (κ3) is 3.54. The van der Waals surface area contributed by atoms with E-state index in [1.807, 2.05) is 44.2 Å². The van der Waals surface area contributed by atoms with Gasteiger partial charge in [-0.05, 0) is 43.2 Å². The van der Waals surface area contributed by atoms with Gasteiger partial charge in [-0.3, -0.25) is 10.1 Å². The number of aryl methyl sites for hydroxylation is 2. The Balaban J connectivity index is 1.40. The van der Waals surface area contributed by atoms with Crippen LogP contribution in [0, 0.1) is 13.8 Å². The van der Waals surface area contributed by atoms with Crippen molar-refractivity contribution in [3.8, 4) is 0 Å². The number of benzene rings is 2. The Hall–Kier alpha value is -3.19. The molecule has 0 aliphatic carbocycles. The first kappa shape index (κ1) is 17.2. The van der Waals surface area contributed by atoms with Crippen LogP contribution in [0.4, 0.5) is 5.13 Å². The lowest BCUT2D eigenvalue weighted by atomic mass is 10.1. The van der Waals surface area contributed by atoms with Crippen LogP contribution in [-0.2, 0) is 9.53 Å². The number of rotatable bonds is 4. The van der Waals surface area contributed by atoms with Crippen LogP contribution in [0.3, 0.4) is 0 Å². The summed E-state index contributed by atoms with van der Waals surface area (Å²) in [5.74, 6) is -0.995. The van der Waals surface area contributed by atoms with Crippen LogP contribution in [0.5, 0.6) is 0 Å². The van der Waals surface area contributed by atoms with Gasteiger partial charge in [0.25, 0.3) is 5.91 Å². The standard InChI is InChI=1S/C20H17N3O3S/c1-11-7-12(2)18-16(8-11)27-20(23-18)22-17(24)10-26-19(25)15-9-13-5-3-4-6-14(13)21-15/h3-9,21H,10H2,1-2H3,(H,22,23,24). The van der Waals surface area contributed by atoms with E-state index < -0.39 is 11.9 Å². The number of hydrogen-bond donors (Lipinski definition) is 2. The number of fused-ring (bicyclic) bond motifs is 2. The molecule has 1 amide bonds. The largest absolute Gasteiger partial charge is 0.451 e. The molecule has 0 unspecified atom stereocenters. The third-order valence-electron chi connectivity index (χ3n) is 4.16. The second kappa shape index (κ2) is 6.85. The predicted octanol–water partition coefficient (Wildman–Crippen LogP) is 4.19. The zero-order valence-corrected chi connectivity index (χ0v) is 15.6. The number of hydrogen-bond acceptors (Lipinski definition) is 5. The molecule has 6 nitrogen and oxygen atoms in total. The number of esters is 1. The van der Waals surface area contributed by atoms with Gasteiger partial charge in [0.2, 0.25) is 0 Å². The molecule has 4 aromatic rings. The maximum absolute atomic E-state index is 12.1. The number of carbonyl (C=O) groups excluding carboxylic acids is 2. The lowest BCUT2D eigenvalue weighted by molar-refractivity contribution is -0.119. The van der Waals surface area contributed by atoms with Gasteiger partial charge < -0.3 is 9.72 Å². The molecule has 0 aliphatic rings. The third-order valence-corrected chi connectivity index (χ3v) is 5.08. The highest BCUT2D eigenvalue weighted by molar-refractivity contribution is 7.22. The molecule has 4 rings (SSSR count). The highest BCUT2D eigenvalue weighted by Crippen LogP contribution is 2.29. The van der Waals surface area contributed by atoms with Crippen LogP contribution in [0.15, 0.2) is 42.5 Å². The number of H-pyrrole nitrogens is 1. The molecule has 0 spiro atoms. The van der Waals surface area contributed by atoms with Gasteiger partial charge in [0.05, 0.1) is 10.2 Å². The van der Waals surface area contributed by atoms with Crippen LogP contribution in [0.25, 0.3) is 21.1 Å². The summed E-state index contributed by atoms with van der Waals surface area (Å²) in [6.45, 7) is 3.64. The maximum Gasteiger partial charge on any atom is 0.355 e. The van der Waals surface area contributed by atoms with Crippen LogP contribution in [0.2, 0.25) is 0 Å². The highest BCUT2D eigenvalue weighted by atomic mass is 32.1. The van der Waals surface area contributed by atoms with Crippen molar-refractivity contribution in [2.75, 3.05) is 11.9 Å². The van der Waals surface area contributed by atoms with E-state index >= 15 is 0 Å². The van der Waals surface area contributed by atoms with Gasteiger partial charge in [-0.25, -0.2) is 9.78 Å². The molecule has 2 N–H and O–H groups in total. The van der Waals surface area contributed by atoms with E-state index in [0.717, 1.165) is 32.2 Å². The van der Waals surface area contributed by atoms with Crippen molar-refractivity contribution in [2.24, 2.45) is 0 Å². The fourth-order valence-corrected chi connectivity index (χ4v) is 4.03. The zero-order valence-electron chi connectivity index (χ0n) is 14.8. The highest BCUT2D eigenvalue weighted by Gasteiger charge is 2.14. The fourth-order valence-electron chi connectivity index (χ4n) is 2.97. The smallest absolute Gasteiger partial charge is 0.355 e. The summed E-state index contributed by atoms with van der Waals surface area (Å²) in [6.07, 6.45) is 0. The van der Waals surface area contributed by atoms with E-state index in [-0.39, 0.29) is 6.61 Å². The van der Waals surface area contributed by atoms with E-state index in [1.54, 1.807) is 6.07 Å². The van der Waals surface area contributed by atoms with Crippen molar-refractivity contribution >= 4 is 49.5 Å². The van der Waals surface area contributed by atoms with E-state index in [0.29, 0.717) is 10.8 Å². The Morgan fingerprint density at radius 1 is 1.19 bits per heavy atom. The molecule has 0 atom stereocenters. The molecule has 136 valence electrons. The monoisotopic (exact) mass is 379 g/mol. The Morgan fingerprint density at radius 2 is 2.00 bits per heavy atom. The number of anilines is 1. The minimum Gasteiger partial charge on any atom is -0.451 e. The van der Waals surface area contributed by atoms with Gasteiger partial charge >= 0.3 is 5.97 Å². The molecule has 2 heterocycles. The predicted molar refractivity (Wildman–Crippen MR) is 106 cm³/mol. The molecule has 27 heavy (non-hydrogen) atoms. The van der Waals surface area contributed by atoms with Crippen molar-refractivity contribution in [2.45, 2.75) is 13.8 Å². The van der Waals surface area contributed by atoms with E-state index in [4.69, 9.17) is 4.74 Å². The van der Waals surface area contributed by atoms with Crippen LogP contribution in [-0.4, -0.2) is 28.5 Å². The van der Waals surface area contributed by atoms with Crippen molar-refractivity contribution in [1.82, 2.24) is 9.97 Å². The summed E-state index contributed by atoms with van der Waals surface area (Å²) in [7, 11) is 0. The summed E-state index contributed by atoms with van der Waals surface area (Å²) in [5, 5.41) is 4.09. The van der Waals surface area contributed by atoms with Gasteiger partial charge in [0, 0.05) is 10.9 Å². The maximum atomic E-state index is 12.1. The Bertz CT molecular complexity index is 1140. The SMILES string of the molecule is Cc1cc(C)c2nc(NC(=O)COC(=O)c3cc4ccccc4[nH]3)sc2c1. The van der Waals surface area contributed by atoms with Crippen LogP contribution >= 0.6 is 11.3 Å². The van der Waals surface area contributed by atoms with Gasteiger partial charge in [-0.1, -0.05) is 35.6 Å². The number of aromatic nitrogens is 2. The molecule has 7 heteroatoms. The Morgan fingerprint density at radius 3 is 2.81 bits per heavy atom. The number of para-hydroxylation sites is 1. The molecular weight excluding hydrogens is 362 g/mol. The van der Waals surface area contributed by atoms with Gasteiger partial charge in [-0.2, -0.15) is 0 Å². The minimum absolute atomic E-state index is 0.315. The Labute approximate surface area is 159 Å². The molecule has 0 fully saturated rings. The average Bonchev–Trinajstić information content (AvgIpc) is 3.23. The topological polar surface area (TPSA) is 84.1 Å². The minimum atomic E-state index is -0.572. The number of nitrogens with one attached hydrogen (secondary N) is 2. The van der Waals surface area contributed by atoms with Gasteiger partial charge in [0.1, 0.15) is 5.69 Å². The summed E-state index contributed by atoms with van der Waals surface area (Å²) in [5.41, 5.74) is 4.24. The zero-order chi connectivity index (χ0) is 19.0.